The van der Waals surface area contributed by atoms with Gasteiger partial charge in [0.05, 0.1) is 0 Å². The molecule has 0 aliphatic heterocycles. The van der Waals surface area contributed by atoms with Crippen LogP contribution in [0.3, 0.4) is 0 Å². The second kappa shape index (κ2) is 4.55. The second-order valence-electron chi connectivity index (χ2n) is 5.13. The molecule has 19 heavy (non-hydrogen) atoms. The smallest absolute Gasteiger partial charge is 0.225 e. The van der Waals surface area contributed by atoms with Crippen molar-refractivity contribution in [1.82, 2.24) is 4.72 Å². The molecule has 0 amide bonds. The molecule has 3 N–H and O–H groups in total. The van der Waals surface area contributed by atoms with Crippen LogP contribution in [-0.2, 0) is 20.0 Å². The van der Waals surface area contributed by atoms with Gasteiger partial charge in [0.15, 0.2) is 0 Å². The normalized spacial score (nSPS) is 18.2. The van der Waals surface area contributed by atoms with Crippen molar-refractivity contribution in [1.29, 1.82) is 0 Å². The Bertz CT molecular complexity index is 691. The highest BCUT2D eigenvalue weighted by Gasteiger charge is 2.38. The lowest BCUT2D eigenvalue weighted by atomic mass is 10.2. The van der Waals surface area contributed by atoms with Gasteiger partial charge in [-0.1, -0.05) is 19.1 Å². The number of hydrogen-bond acceptors (Lipinski definition) is 4. The summed E-state index contributed by atoms with van der Waals surface area (Å²) in [5.41, 5.74) is -0.0103. The molecule has 1 saturated carbocycles. The van der Waals surface area contributed by atoms with Gasteiger partial charge in [0, 0.05) is 6.54 Å². The van der Waals surface area contributed by atoms with E-state index in [0.29, 0.717) is 6.54 Å². The van der Waals surface area contributed by atoms with Crippen molar-refractivity contribution in [3.05, 3.63) is 24.3 Å². The maximum absolute atomic E-state index is 12.1. The van der Waals surface area contributed by atoms with E-state index < -0.39 is 20.0 Å². The van der Waals surface area contributed by atoms with Crippen molar-refractivity contribution in [2.75, 3.05) is 6.54 Å². The number of hydrogen-bond donors (Lipinski definition) is 2. The number of benzene rings is 1. The SMILES string of the molecule is CC1(CNS(=O)(=O)c2ccccc2S(N)(=O)=O)CC1. The summed E-state index contributed by atoms with van der Waals surface area (Å²) >= 11 is 0. The van der Waals surface area contributed by atoms with Crippen LogP contribution in [0.1, 0.15) is 19.8 Å². The van der Waals surface area contributed by atoms with Crippen molar-refractivity contribution in [3.63, 3.8) is 0 Å². The van der Waals surface area contributed by atoms with Crippen LogP contribution in [0.15, 0.2) is 34.1 Å². The molecule has 0 saturated heterocycles. The molecule has 0 bridgehead atoms. The van der Waals surface area contributed by atoms with Gasteiger partial charge in [-0.3, -0.25) is 0 Å². The molecular weight excluding hydrogens is 288 g/mol. The second-order valence-corrected chi connectivity index (χ2v) is 8.39. The van der Waals surface area contributed by atoms with Crippen LogP contribution in [0.2, 0.25) is 0 Å². The minimum Gasteiger partial charge on any atom is -0.225 e. The van der Waals surface area contributed by atoms with Crippen LogP contribution in [0, 0.1) is 5.41 Å². The minimum absolute atomic E-state index is 0.0103. The van der Waals surface area contributed by atoms with E-state index in [9.17, 15) is 16.8 Å². The van der Waals surface area contributed by atoms with E-state index in [4.69, 9.17) is 5.14 Å². The van der Waals surface area contributed by atoms with Crippen molar-refractivity contribution in [2.45, 2.75) is 29.6 Å². The van der Waals surface area contributed by atoms with Crippen LogP contribution in [0.4, 0.5) is 0 Å². The molecule has 106 valence electrons. The highest BCUT2D eigenvalue weighted by Crippen LogP contribution is 2.44. The molecule has 1 aliphatic rings. The predicted molar refractivity (Wildman–Crippen MR) is 70.3 cm³/mol. The lowest BCUT2D eigenvalue weighted by Gasteiger charge is -2.12. The zero-order valence-electron chi connectivity index (χ0n) is 10.5. The average molecular weight is 304 g/mol. The Morgan fingerprint density at radius 1 is 1.16 bits per heavy atom. The monoisotopic (exact) mass is 304 g/mol. The molecule has 0 atom stereocenters. The summed E-state index contributed by atoms with van der Waals surface area (Å²) in [7, 11) is -7.95. The molecule has 0 radical (unpaired) electrons. The number of rotatable bonds is 5. The molecule has 6 nitrogen and oxygen atoms in total. The van der Waals surface area contributed by atoms with Crippen LogP contribution in [0.25, 0.3) is 0 Å². The van der Waals surface area contributed by atoms with Crippen molar-refractivity contribution >= 4 is 20.0 Å². The summed E-state index contributed by atoms with van der Waals surface area (Å²) in [4.78, 5) is -0.690. The molecule has 2 rings (SSSR count). The summed E-state index contributed by atoms with van der Waals surface area (Å²) in [6.07, 6.45) is 1.93. The van der Waals surface area contributed by atoms with E-state index in [1.54, 1.807) is 0 Å². The van der Waals surface area contributed by atoms with Crippen LogP contribution in [-0.4, -0.2) is 23.4 Å². The van der Waals surface area contributed by atoms with E-state index in [-0.39, 0.29) is 15.2 Å². The minimum atomic E-state index is -4.07. The third-order valence-corrected chi connectivity index (χ3v) is 5.80. The van der Waals surface area contributed by atoms with Crippen LogP contribution in [0.5, 0.6) is 0 Å². The maximum atomic E-state index is 12.1. The molecule has 1 aromatic rings. The van der Waals surface area contributed by atoms with Crippen LogP contribution < -0.4 is 9.86 Å². The maximum Gasteiger partial charge on any atom is 0.241 e. The molecule has 1 aromatic carbocycles. The highest BCUT2D eigenvalue weighted by atomic mass is 32.2. The summed E-state index contributed by atoms with van der Waals surface area (Å²) in [5.74, 6) is 0. The first kappa shape index (κ1) is 14.4. The van der Waals surface area contributed by atoms with Crippen molar-refractivity contribution < 1.29 is 16.8 Å². The Morgan fingerprint density at radius 2 is 1.68 bits per heavy atom. The van der Waals surface area contributed by atoms with E-state index in [1.807, 2.05) is 6.92 Å². The zero-order chi connectivity index (χ0) is 14.3. The summed E-state index contributed by atoms with van der Waals surface area (Å²) in [6.45, 7) is 2.27. The van der Waals surface area contributed by atoms with Crippen LogP contribution >= 0.6 is 0 Å². The Labute approximate surface area is 113 Å². The number of primary sulfonamides is 1. The third kappa shape index (κ3) is 3.33. The van der Waals surface area contributed by atoms with E-state index >= 15 is 0 Å². The Hall–Kier alpha value is -0.960. The summed E-state index contributed by atoms with van der Waals surface area (Å²) in [5, 5.41) is 5.03. The van der Waals surface area contributed by atoms with Gasteiger partial charge in [-0.2, -0.15) is 0 Å². The quantitative estimate of drug-likeness (QED) is 0.821. The van der Waals surface area contributed by atoms with Crippen molar-refractivity contribution in [2.24, 2.45) is 10.6 Å². The molecule has 1 aliphatic carbocycles. The number of nitrogens with one attached hydrogen (secondary N) is 1. The van der Waals surface area contributed by atoms with Gasteiger partial charge in [-0.05, 0) is 30.4 Å². The van der Waals surface area contributed by atoms with E-state index in [1.165, 1.54) is 24.3 Å². The van der Waals surface area contributed by atoms with E-state index in [0.717, 1.165) is 12.8 Å². The molecular formula is C11H16N2O4S2. The molecule has 0 aromatic heterocycles. The zero-order valence-corrected chi connectivity index (χ0v) is 12.1. The Kier molecular flexibility index (Phi) is 3.46. The standard InChI is InChI=1S/C11H16N2O4S2/c1-11(6-7-11)8-13-19(16,17)10-5-3-2-4-9(10)18(12,14)15/h2-5,13H,6-8H2,1H3,(H2,12,14,15). The fraction of sp³-hybridized carbons (Fsp3) is 0.455. The van der Waals surface area contributed by atoms with Gasteiger partial charge >= 0.3 is 0 Å². The highest BCUT2D eigenvalue weighted by molar-refractivity contribution is 7.92. The lowest BCUT2D eigenvalue weighted by molar-refractivity contribution is 0.528. The van der Waals surface area contributed by atoms with E-state index in [2.05, 4.69) is 4.72 Å². The Morgan fingerprint density at radius 3 is 2.16 bits per heavy atom. The average Bonchev–Trinajstić information content (AvgIpc) is 3.05. The third-order valence-electron chi connectivity index (χ3n) is 3.24. The van der Waals surface area contributed by atoms with Gasteiger partial charge in [-0.15, -0.1) is 0 Å². The summed E-state index contributed by atoms with van der Waals surface area (Å²) < 4.78 is 49.5. The first-order valence-electron chi connectivity index (χ1n) is 5.76. The summed E-state index contributed by atoms with van der Waals surface area (Å²) in [6, 6.07) is 5.31. The van der Waals surface area contributed by atoms with Gasteiger partial charge in [0.2, 0.25) is 20.0 Å². The molecule has 1 fully saturated rings. The van der Waals surface area contributed by atoms with Gasteiger partial charge in [0.1, 0.15) is 9.79 Å². The van der Waals surface area contributed by atoms with Gasteiger partial charge < -0.3 is 0 Å². The molecule has 0 unspecified atom stereocenters. The first-order valence-corrected chi connectivity index (χ1v) is 8.79. The molecule has 0 heterocycles. The largest absolute Gasteiger partial charge is 0.241 e. The van der Waals surface area contributed by atoms with Gasteiger partial charge in [0.25, 0.3) is 0 Å². The molecule has 0 spiro atoms. The fourth-order valence-corrected chi connectivity index (χ4v) is 4.22. The number of sulfonamides is 2. The number of nitrogens with two attached hydrogens (primary N) is 1. The molecule has 8 heteroatoms. The fourth-order valence-electron chi connectivity index (χ4n) is 1.64. The van der Waals surface area contributed by atoms with Gasteiger partial charge in [-0.25, -0.2) is 26.7 Å². The topological polar surface area (TPSA) is 106 Å². The van der Waals surface area contributed by atoms with Crippen molar-refractivity contribution in [3.8, 4) is 0 Å². The lowest BCUT2D eigenvalue weighted by Crippen LogP contribution is -2.30. The Balaban J connectivity index is 2.35. The first-order chi connectivity index (χ1) is 8.64. The predicted octanol–water partition coefficient (Wildman–Crippen LogP) is 0.412.